The minimum atomic E-state index is 0.135. The molecule has 1 fully saturated rings. The fourth-order valence-corrected chi connectivity index (χ4v) is 3.70. The summed E-state index contributed by atoms with van der Waals surface area (Å²) >= 11 is 0. The number of para-hydroxylation sites is 1. The highest BCUT2D eigenvalue weighted by molar-refractivity contribution is 5.95. The third kappa shape index (κ3) is 3.75. The molecule has 0 aliphatic carbocycles. The number of anilines is 1. The Bertz CT molecular complexity index is 716. The lowest BCUT2D eigenvalue weighted by molar-refractivity contribution is -0.119. The highest BCUT2D eigenvalue weighted by Gasteiger charge is 2.26. The number of carbonyl (C=O) groups excluding carboxylic acids is 1. The van der Waals surface area contributed by atoms with Gasteiger partial charge in [0.2, 0.25) is 5.91 Å². The van der Waals surface area contributed by atoms with E-state index in [0.29, 0.717) is 13.0 Å². The Morgan fingerprint density at radius 2 is 2.16 bits per heavy atom. The number of fused-ring (bicyclic) bond motifs is 1. The van der Waals surface area contributed by atoms with Crippen LogP contribution in [-0.4, -0.2) is 59.5 Å². The van der Waals surface area contributed by atoms with Gasteiger partial charge in [-0.05, 0) is 24.1 Å². The summed E-state index contributed by atoms with van der Waals surface area (Å²) in [5.74, 6) is 0.222. The number of nitrogens with zero attached hydrogens (tertiary/aromatic N) is 4. The van der Waals surface area contributed by atoms with Crippen molar-refractivity contribution in [1.82, 2.24) is 14.7 Å². The first-order valence-corrected chi connectivity index (χ1v) is 8.99. The van der Waals surface area contributed by atoms with Crippen LogP contribution in [-0.2, 0) is 22.5 Å². The van der Waals surface area contributed by atoms with E-state index in [1.807, 2.05) is 34.0 Å². The first-order valence-electron chi connectivity index (χ1n) is 8.99. The average Bonchev–Trinajstić information content (AvgIpc) is 3.29. The summed E-state index contributed by atoms with van der Waals surface area (Å²) in [5, 5.41) is 4.24. The van der Waals surface area contributed by atoms with Crippen molar-refractivity contribution in [3.63, 3.8) is 0 Å². The van der Waals surface area contributed by atoms with E-state index >= 15 is 0 Å². The van der Waals surface area contributed by atoms with Crippen molar-refractivity contribution < 1.29 is 9.53 Å². The molecule has 1 unspecified atom stereocenters. The van der Waals surface area contributed by atoms with E-state index in [1.165, 1.54) is 5.56 Å². The number of morpholine rings is 1. The first kappa shape index (κ1) is 16.3. The van der Waals surface area contributed by atoms with Gasteiger partial charge in [-0.25, -0.2) is 0 Å². The van der Waals surface area contributed by atoms with E-state index in [4.69, 9.17) is 4.74 Å². The lowest BCUT2D eigenvalue weighted by Gasteiger charge is -2.33. The van der Waals surface area contributed by atoms with Crippen molar-refractivity contribution >= 4 is 11.6 Å². The predicted octanol–water partition coefficient (Wildman–Crippen LogP) is 1.56. The van der Waals surface area contributed by atoms with Gasteiger partial charge in [-0.15, -0.1) is 0 Å². The molecule has 0 radical (unpaired) electrons. The van der Waals surface area contributed by atoms with Crippen molar-refractivity contribution in [2.24, 2.45) is 0 Å². The van der Waals surface area contributed by atoms with Gasteiger partial charge in [0, 0.05) is 50.7 Å². The number of carbonyl (C=O) groups is 1. The molecule has 3 heterocycles. The smallest absolute Gasteiger partial charge is 0.228 e. The average molecular weight is 340 g/mol. The van der Waals surface area contributed by atoms with Crippen LogP contribution >= 0.6 is 0 Å². The second kappa shape index (κ2) is 7.37. The zero-order valence-corrected chi connectivity index (χ0v) is 14.4. The molecule has 2 aromatic rings. The van der Waals surface area contributed by atoms with Gasteiger partial charge in [-0.1, -0.05) is 18.2 Å². The van der Waals surface area contributed by atoms with Crippen molar-refractivity contribution in [2.45, 2.75) is 25.5 Å². The number of hydrogen-bond donors (Lipinski definition) is 0. The van der Waals surface area contributed by atoms with Crippen molar-refractivity contribution in [3.8, 4) is 0 Å². The van der Waals surface area contributed by atoms with Gasteiger partial charge in [0.1, 0.15) is 0 Å². The van der Waals surface area contributed by atoms with Gasteiger partial charge in [0.25, 0.3) is 0 Å². The minimum absolute atomic E-state index is 0.135. The standard InChI is InChI=1S/C19H24N4O2/c24-19(23-11-6-16-4-1-2-5-18(16)23)7-10-21-12-13-25-17(14-21)15-22-9-3-8-20-22/h1-5,8-9,17H,6-7,10-15H2. The second-order valence-electron chi connectivity index (χ2n) is 6.70. The predicted molar refractivity (Wildman–Crippen MR) is 95.5 cm³/mol. The molecule has 0 saturated carbocycles. The molecular weight excluding hydrogens is 316 g/mol. The van der Waals surface area contributed by atoms with Crippen LogP contribution in [0.3, 0.4) is 0 Å². The summed E-state index contributed by atoms with van der Waals surface area (Å²) in [6.45, 7) is 4.81. The number of rotatable bonds is 5. The van der Waals surface area contributed by atoms with Crippen LogP contribution in [0.25, 0.3) is 0 Å². The first-order chi connectivity index (χ1) is 12.3. The van der Waals surface area contributed by atoms with Crippen LogP contribution in [0.5, 0.6) is 0 Å². The van der Waals surface area contributed by atoms with E-state index in [9.17, 15) is 4.79 Å². The number of hydrogen-bond acceptors (Lipinski definition) is 4. The van der Waals surface area contributed by atoms with Crippen LogP contribution in [0.15, 0.2) is 42.7 Å². The molecule has 0 bridgehead atoms. The summed E-state index contributed by atoms with van der Waals surface area (Å²) in [6.07, 6.45) is 5.40. The second-order valence-corrected chi connectivity index (χ2v) is 6.70. The van der Waals surface area contributed by atoms with Crippen molar-refractivity contribution in [2.75, 3.05) is 37.7 Å². The molecule has 4 rings (SSSR count). The Labute approximate surface area is 148 Å². The van der Waals surface area contributed by atoms with Gasteiger partial charge < -0.3 is 9.64 Å². The fraction of sp³-hybridized carbons (Fsp3) is 0.474. The Kier molecular flexibility index (Phi) is 4.81. The Balaban J connectivity index is 1.29. The molecule has 132 valence electrons. The molecule has 1 aromatic carbocycles. The normalized spacial score (nSPS) is 20.6. The van der Waals surface area contributed by atoms with Crippen molar-refractivity contribution in [1.29, 1.82) is 0 Å². The molecule has 1 saturated heterocycles. The monoisotopic (exact) mass is 340 g/mol. The Hall–Kier alpha value is -2.18. The number of benzene rings is 1. The van der Waals surface area contributed by atoms with Crippen LogP contribution in [0, 0.1) is 0 Å². The topological polar surface area (TPSA) is 50.6 Å². The maximum Gasteiger partial charge on any atom is 0.228 e. The summed E-state index contributed by atoms with van der Waals surface area (Å²) in [7, 11) is 0. The maximum atomic E-state index is 12.6. The molecule has 1 amide bonds. The molecule has 2 aliphatic rings. The zero-order valence-electron chi connectivity index (χ0n) is 14.4. The van der Waals surface area contributed by atoms with Crippen LogP contribution in [0.4, 0.5) is 5.69 Å². The highest BCUT2D eigenvalue weighted by Crippen LogP contribution is 2.27. The van der Waals surface area contributed by atoms with E-state index < -0.39 is 0 Å². The van der Waals surface area contributed by atoms with E-state index in [1.54, 1.807) is 6.20 Å². The molecule has 1 aromatic heterocycles. The molecule has 6 nitrogen and oxygen atoms in total. The molecule has 25 heavy (non-hydrogen) atoms. The van der Waals surface area contributed by atoms with E-state index in [2.05, 4.69) is 22.1 Å². The lowest BCUT2D eigenvalue weighted by Crippen LogP contribution is -2.45. The van der Waals surface area contributed by atoms with Gasteiger partial charge in [-0.3, -0.25) is 14.4 Å². The van der Waals surface area contributed by atoms with Gasteiger partial charge in [0.15, 0.2) is 0 Å². The Morgan fingerprint density at radius 3 is 3.04 bits per heavy atom. The van der Waals surface area contributed by atoms with Crippen LogP contribution in [0.2, 0.25) is 0 Å². The largest absolute Gasteiger partial charge is 0.374 e. The summed E-state index contributed by atoms with van der Waals surface area (Å²) in [4.78, 5) is 16.9. The van der Waals surface area contributed by atoms with E-state index in [0.717, 1.165) is 44.8 Å². The third-order valence-electron chi connectivity index (χ3n) is 5.00. The SMILES string of the molecule is O=C(CCN1CCOC(Cn2cccn2)C1)N1CCc2ccccc21. The minimum Gasteiger partial charge on any atom is -0.374 e. The van der Waals surface area contributed by atoms with Gasteiger partial charge in [0.05, 0.1) is 19.3 Å². The Morgan fingerprint density at radius 1 is 1.24 bits per heavy atom. The van der Waals surface area contributed by atoms with Crippen LogP contribution < -0.4 is 4.90 Å². The highest BCUT2D eigenvalue weighted by atomic mass is 16.5. The fourth-order valence-electron chi connectivity index (χ4n) is 3.70. The molecular formula is C19H24N4O2. The quantitative estimate of drug-likeness (QED) is 0.829. The van der Waals surface area contributed by atoms with Crippen LogP contribution in [0.1, 0.15) is 12.0 Å². The molecule has 0 N–H and O–H groups in total. The molecule has 2 aliphatic heterocycles. The third-order valence-corrected chi connectivity index (χ3v) is 5.00. The lowest BCUT2D eigenvalue weighted by atomic mass is 10.2. The maximum absolute atomic E-state index is 12.6. The summed E-state index contributed by atoms with van der Waals surface area (Å²) in [6, 6.07) is 10.1. The van der Waals surface area contributed by atoms with Crippen molar-refractivity contribution in [3.05, 3.63) is 48.3 Å². The number of aromatic nitrogens is 2. The molecule has 0 spiro atoms. The summed E-state index contributed by atoms with van der Waals surface area (Å²) < 4.78 is 7.74. The van der Waals surface area contributed by atoms with Gasteiger partial charge in [-0.2, -0.15) is 5.10 Å². The number of ether oxygens (including phenoxy) is 1. The van der Waals surface area contributed by atoms with Gasteiger partial charge >= 0.3 is 0 Å². The zero-order chi connectivity index (χ0) is 17.1. The van der Waals surface area contributed by atoms with E-state index in [-0.39, 0.29) is 12.0 Å². The summed E-state index contributed by atoms with van der Waals surface area (Å²) in [5.41, 5.74) is 2.37. The molecule has 6 heteroatoms. The molecule has 1 atom stereocenters. The number of amides is 1.